The summed E-state index contributed by atoms with van der Waals surface area (Å²) in [5, 5.41) is 0. The van der Waals surface area contributed by atoms with Gasteiger partial charge in [-0.2, -0.15) is 0 Å². The number of nitrogens with two attached hydrogens (primary N) is 1. The largest absolute Gasteiger partial charge is 0.373 e. The van der Waals surface area contributed by atoms with E-state index in [1.165, 1.54) is 11.1 Å². The van der Waals surface area contributed by atoms with E-state index in [9.17, 15) is 0 Å². The molecule has 0 aliphatic carbocycles. The zero-order valence-corrected chi connectivity index (χ0v) is 14.6. The minimum absolute atomic E-state index is 0.0438. The van der Waals surface area contributed by atoms with E-state index in [4.69, 9.17) is 10.5 Å². The molecule has 110 valence electrons. The Hall–Kier alpha value is -0.750. The van der Waals surface area contributed by atoms with E-state index in [1.54, 1.807) is 6.20 Å². The third-order valence-electron chi connectivity index (χ3n) is 3.75. The lowest BCUT2D eigenvalue weighted by Crippen LogP contribution is -2.22. The van der Waals surface area contributed by atoms with Crippen LogP contribution in [-0.4, -0.2) is 11.6 Å². The molecule has 2 atom stereocenters. The summed E-state index contributed by atoms with van der Waals surface area (Å²) in [6, 6.07) is 10.2. The molecule has 0 radical (unpaired) electrons. The molecule has 2 unspecified atom stereocenters. The van der Waals surface area contributed by atoms with E-state index in [2.05, 4.69) is 61.1 Å². The van der Waals surface area contributed by atoms with E-state index in [0.29, 0.717) is 0 Å². The van der Waals surface area contributed by atoms with Crippen LogP contribution >= 0.6 is 31.9 Å². The molecular weight excluding hydrogens is 396 g/mol. The number of halogens is 2. The average Bonchev–Trinajstić information content (AvgIpc) is 2.47. The number of rotatable bonds is 3. The van der Waals surface area contributed by atoms with E-state index < -0.39 is 0 Å². The Kier molecular flexibility index (Phi) is 4.74. The van der Waals surface area contributed by atoms with E-state index in [-0.39, 0.29) is 12.1 Å². The molecule has 5 heteroatoms. The first-order valence-corrected chi connectivity index (χ1v) is 8.49. The first-order valence-electron chi connectivity index (χ1n) is 6.91. The Bertz CT molecular complexity index is 648. The molecule has 0 saturated heterocycles. The van der Waals surface area contributed by atoms with Crippen molar-refractivity contribution < 1.29 is 4.74 Å². The molecule has 21 heavy (non-hydrogen) atoms. The number of pyridine rings is 1. The standard InChI is InChI=1S/C16H16Br2N2O/c17-11-7-13(18)16(20-9-11)14(19)8-15-12-4-2-1-3-10(12)5-6-21-15/h1-4,7,9,14-15H,5-6,8,19H2. The maximum absolute atomic E-state index is 6.35. The van der Waals surface area contributed by atoms with Crippen LogP contribution in [0.2, 0.25) is 0 Å². The second kappa shape index (κ2) is 6.57. The van der Waals surface area contributed by atoms with Gasteiger partial charge in [-0.15, -0.1) is 0 Å². The summed E-state index contributed by atoms with van der Waals surface area (Å²) in [7, 11) is 0. The Morgan fingerprint density at radius 1 is 1.33 bits per heavy atom. The van der Waals surface area contributed by atoms with Crippen molar-refractivity contribution in [2.24, 2.45) is 5.73 Å². The molecule has 1 aliphatic rings. The summed E-state index contributed by atoms with van der Waals surface area (Å²) in [4.78, 5) is 4.42. The summed E-state index contributed by atoms with van der Waals surface area (Å²) < 4.78 is 7.79. The number of ether oxygens (including phenoxy) is 1. The smallest absolute Gasteiger partial charge is 0.0846 e. The summed E-state index contributed by atoms with van der Waals surface area (Å²) in [6.07, 6.45) is 3.52. The molecule has 2 N–H and O–H groups in total. The van der Waals surface area contributed by atoms with Crippen LogP contribution in [0.3, 0.4) is 0 Å². The summed E-state index contributed by atoms with van der Waals surface area (Å²) in [6.45, 7) is 0.753. The first-order chi connectivity index (χ1) is 10.1. The molecule has 1 aliphatic heterocycles. The van der Waals surface area contributed by atoms with E-state index in [0.717, 1.165) is 34.1 Å². The van der Waals surface area contributed by atoms with Crippen LogP contribution in [0.25, 0.3) is 0 Å². The van der Waals surface area contributed by atoms with Gasteiger partial charge in [0, 0.05) is 15.1 Å². The SMILES string of the molecule is NC(CC1OCCc2ccccc21)c1ncc(Br)cc1Br. The highest BCUT2D eigenvalue weighted by atomic mass is 79.9. The van der Waals surface area contributed by atoms with Gasteiger partial charge < -0.3 is 10.5 Å². The van der Waals surface area contributed by atoms with E-state index in [1.807, 2.05) is 6.07 Å². The van der Waals surface area contributed by atoms with Crippen LogP contribution < -0.4 is 5.73 Å². The van der Waals surface area contributed by atoms with Gasteiger partial charge in [0.25, 0.3) is 0 Å². The first kappa shape index (κ1) is 15.2. The fraction of sp³-hybridized carbons (Fsp3) is 0.312. The molecule has 0 bridgehead atoms. The van der Waals surface area contributed by atoms with Gasteiger partial charge in [0.15, 0.2) is 0 Å². The van der Waals surface area contributed by atoms with Crippen LogP contribution in [0.5, 0.6) is 0 Å². The Morgan fingerprint density at radius 3 is 2.95 bits per heavy atom. The molecule has 0 amide bonds. The predicted octanol–water partition coefficient (Wildman–Crippen LogP) is 4.31. The number of aromatic nitrogens is 1. The summed E-state index contributed by atoms with van der Waals surface area (Å²) in [5.41, 5.74) is 9.83. The number of fused-ring (bicyclic) bond motifs is 1. The van der Waals surface area contributed by atoms with Gasteiger partial charge in [-0.1, -0.05) is 24.3 Å². The van der Waals surface area contributed by atoms with Gasteiger partial charge >= 0.3 is 0 Å². The lowest BCUT2D eigenvalue weighted by atomic mass is 9.93. The van der Waals surface area contributed by atoms with Crippen LogP contribution in [-0.2, 0) is 11.2 Å². The van der Waals surface area contributed by atoms with Crippen molar-refractivity contribution in [1.82, 2.24) is 4.98 Å². The molecule has 1 aromatic heterocycles. The van der Waals surface area contributed by atoms with Crippen molar-refractivity contribution in [1.29, 1.82) is 0 Å². The van der Waals surface area contributed by atoms with Crippen molar-refractivity contribution >= 4 is 31.9 Å². The fourth-order valence-electron chi connectivity index (χ4n) is 2.71. The maximum Gasteiger partial charge on any atom is 0.0846 e. The Labute approximate surface area is 141 Å². The number of hydrogen-bond acceptors (Lipinski definition) is 3. The minimum Gasteiger partial charge on any atom is -0.373 e. The number of hydrogen-bond donors (Lipinski definition) is 1. The molecule has 2 aromatic rings. The number of nitrogens with zero attached hydrogens (tertiary/aromatic N) is 1. The second-order valence-corrected chi connectivity index (χ2v) is 6.94. The number of benzene rings is 1. The highest BCUT2D eigenvalue weighted by Crippen LogP contribution is 2.34. The second-order valence-electron chi connectivity index (χ2n) is 5.17. The third-order valence-corrected chi connectivity index (χ3v) is 4.82. The molecule has 3 rings (SSSR count). The molecule has 3 nitrogen and oxygen atoms in total. The Balaban J connectivity index is 1.81. The molecule has 0 saturated carbocycles. The van der Waals surface area contributed by atoms with Gasteiger partial charge in [0.2, 0.25) is 0 Å². The van der Waals surface area contributed by atoms with Crippen molar-refractivity contribution in [3.8, 4) is 0 Å². The third kappa shape index (κ3) is 3.37. The van der Waals surface area contributed by atoms with Gasteiger partial charge in [-0.25, -0.2) is 0 Å². The zero-order valence-electron chi connectivity index (χ0n) is 11.4. The van der Waals surface area contributed by atoms with Crippen molar-refractivity contribution in [2.75, 3.05) is 6.61 Å². The van der Waals surface area contributed by atoms with Gasteiger partial charge in [0.05, 0.1) is 24.4 Å². The molecule has 1 aromatic carbocycles. The Morgan fingerprint density at radius 2 is 2.14 bits per heavy atom. The lowest BCUT2D eigenvalue weighted by Gasteiger charge is -2.28. The van der Waals surface area contributed by atoms with Crippen molar-refractivity contribution in [3.05, 3.63) is 62.3 Å². The highest BCUT2D eigenvalue weighted by molar-refractivity contribution is 9.11. The zero-order chi connectivity index (χ0) is 14.8. The van der Waals surface area contributed by atoms with Gasteiger partial charge in [-0.05, 0) is 61.9 Å². The van der Waals surface area contributed by atoms with Gasteiger partial charge in [-0.3, -0.25) is 4.98 Å². The molecule has 0 spiro atoms. The quantitative estimate of drug-likeness (QED) is 0.818. The van der Waals surface area contributed by atoms with Crippen LogP contribution in [0.4, 0.5) is 0 Å². The monoisotopic (exact) mass is 410 g/mol. The molecular formula is C16H16Br2N2O. The van der Waals surface area contributed by atoms with E-state index >= 15 is 0 Å². The fourth-order valence-corrected chi connectivity index (χ4v) is 3.99. The topological polar surface area (TPSA) is 48.1 Å². The molecule has 2 heterocycles. The van der Waals surface area contributed by atoms with Crippen molar-refractivity contribution in [2.45, 2.75) is 25.0 Å². The van der Waals surface area contributed by atoms with Crippen molar-refractivity contribution in [3.63, 3.8) is 0 Å². The summed E-state index contributed by atoms with van der Waals surface area (Å²) >= 11 is 6.94. The normalized spacial score (nSPS) is 19.1. The maximum atomic E-state index is 6.35. The lowest BCUT2D eigenvalue weighted by molar-refractivity contribution is 0.0317. The minimum atomic E-state index is -0.163. The van der Waals surface area contributed by atoms with Crippen LogP contribution in [0, 0.1) is 0 Å². The van der Waals surface area contributed by atoms with Crippen LogP contribution in [0.1, 0.15) is 35.4 Å². The van der Waals surface area contributed by atoms with Crippen LogP contribution in [0.15, 0.2) is 45.5 Å². The summed E-state index contributed by atoms with van der Waals surface area (Å²) in [5.74, 6) is 0. The molecule has 0 fully saturated rings. The average molecular weight is 412 g/mol. The van der Waals surface area contributed by atoms with Gasteiger partial charge in [0.1, 0.15) is 0 Å². The predicted molar refractivity (Wildman–Crippen MR) is 90.0 cm³/mol. The highest BCUT2D eigenvalue weighted by Gasteiger charge is 2.24.